The molecule has 0 fully saturated rings. The van der Waals surface area contributed by atoms with Crippen molar-refractivity contribution >= 4 is 6.29 Å². The second kappa shape index (κ2) is 5.45. The van der Waals surface area contributed by atoms with E-state index in [-0.39, 0.29) is 16.7 Å². The third-order valence-electron chi connectivity index (χ3n) is 3.03. The van der Waals surface area contributed by atoms with Gasteiger partial charge in [0.2, 0.25) is 0 Å². The van der Waals surface area contributed by atoms with E-state index in [9.17, 15) is 9.18 Å². The van der Waals surface area contributed by atoms with Crippen molar-refractivity contribution in [3.05, 3.63) is 59.4 Å². The molecular weight excluding hydrogens is 255 g/mol. The number of aldehydes is 1. The quantitative estimate of drug-likeness (QED) is 0.755. The third kappa shape index (κ3) is 2.87. The summed E-state index contributed by atoms with van der Waals surface area (Å²) in [5, 5.41) is 0. The Morgan fingerprint density at radius 3 is 2.40 bits per heavy atom. The second-order valence-electron chi connectivity index (χ2n) is 5.62. The van der Waals surface area contributed by atoms with Crippen LogP contribution < -0.4 is 4.74 Å². The van der Waals surface area contributed by atoms with Gasteiger partial charge in [0, 0.05) is 5.56 Å². The van der Waals surface area contributed by atoms with Crippen molar-refractivity contribution in [1.82, 2.24) is 0 Å². The maximum Gasteiger partial charge on any atom is 0.173 e. The summed E-state index contributed by atoms with van der Waals surface area (Å²) in [6.07, 6.45) is 0.595. The molecule has 3 heteroatoms. The van der Waals surface area contributed by atoms with Gasteiger partial charge in [0.25, 0.3) is 0 Å². The molecule has 0 radical (unpaired) electrons. The number of hydrogen-bond acceptors (Lipinski definition) is 2. The number of hydrogen-bond donors (Lipinski definition) is 0. The van der Waals surface area contributed by atoms with Crippen LogP contribution in [0.5, 0.6) is 11.5 Å². The first-order valence-electron chi connectivity index (χ1n) is 6.44. The van der Waals surface area contributed by atoms with Gasteiger partial charge in [-0.05, 0) is 23.6 Å². The average Bonchev–Trinajstić information content (AvgIpc) is 2.40. The second-order valence-corrected chi connectivity index (χ2v) is 5.62. The van der Waals surface area contributed by atoms with Crippen LogP contribution in [0.4, 0.5) is 4.39 Å². The molecule has 0 aliphatic heterocycles. The van der Waals surface area contributed by atoms with Crippen molar-refractivity contribution in [2.24, 2.45) is 0 Å². The molecule has 2 nitrogen and oxygen atoms in total. The highest BCUT2D eigenvalue weighted by molar-refractivity contribution is 5.79. The number of carbonyl (C=O) groups excluding carboxylic acids is 1. The standard InChI is InChI=1S/C17H17FO2/c1-17(2,3)13-8-4-5-10-15(13)20-16-12(11-19)7-6-9-14(16)18/h4-11H,1-3H3. The monoisotopic (exact) mass is 272 g/mol. The summed E-state index contributed by atoms with van der Waals surface area (Å²) in [4.78, 5) is 11.0. The van der Waals surface area contributed by atoms with Gasteiger partial charge in [-0.2, -0.15) is 0 Å². The highest BCUT2D eigenvalue weighted by Crippen LogP contribution is 2.35. The molecule has 0 aliphatic carbocycles. The van der Waals surface area contributed by atoms with Crippen molar-refractivity contribution < 1.29 is 13.9 Å². The van der Waals surface area contributed by atoms with Gasteiger partial charge in [-0.25, -0.2) is 4.39 Å². The molecule has 2 aromatic rings. The number of ether oxygens (including phenoxy) is 1. The molecule has 0 aromatic heterocycles. The van der Waals surface area contributed by atoms with Gasteiger partial charge in [-0.1, -0.05) is 45.0 Å². The van der Waals surface area contributed by atoms with E-state index >= 15 is 0 Å². The lowest BCUT2D eigenvalue weighted by atomic mass is 9.86. The SMILES string of the molecule is CC(C)(C)c1ccccc1Oc1c(F)cccc1C=O. The normalized spacial score (nSPS) is 11.2. The Hall–Kier alpha value is -2.16. The minimum absolute atomic E-state index is 0.0285. The van der Waals surface area contributed by atoms with E-state index in [4.69, 9.17) is 4.74 Å². The molecule has 0 spiro atoms. The van der Waals surface area contributed by atoms with Crippen LogP contribution in [0.3, 0.4) is 0 Å². The van der Waals surface area contributed by atoms with E-state index in [2.05, 4.69) is 20.8 Å². The lowest BCUT2D eigenvalue weighted by Gasteiger charge is -2.23. The Bertz CT molecular complexity index is 627. The smallest absolute Gasteiger partial charge is 0.173 e. The van der Waals surface area contributed by atoms with Crippen LogP contribution in [0.1, 0.15) is 36.7 Å². The van der Waals surface area contributed by atoms with E-state index in [1.165, 1.54) is 18.2 Å². The summed E-state index contributed by atoms with van der Waals surface area (Å²) in [6, 6.07) is 11.8. The molecule has 0 bridgehead atoms. The Labute approximate surface area is 118 Å². The predicted molar refractivity (Wildman–Crippen MR) is 77.0 cm³/mol. The molecule has 0 heterocycles. The molecule has 2 rings (SSSR count). The topological polar surface area (TPSA) is 26.3 Å². The van der Waals surface area contributed by atoms with Crippen molar-refractivity contribution in [2.75, 3.05) is 0 Å². The molecule has 0 saturated heterocycles. The number of rotatable bonds is 3. The molecule has 0 atom stereocenters. The van der Waals surface area contributed by atoms with E-state index in [0.717, 1.165) is 5.56 Å². The third-order valence-corrected chi connectivity index (χ3v) is 3.03. The molecule has 0 unspecified atom stereocenters. The summed E-state index contributed by atoms with van der Waals surface area (Å²) >= 11 is 0. The largest absolute Gasteiger partial charge is 0.453 e. The first-order valence-corrected chi connectivity index (χ1v) is 6.44. The van der Waals surface area contributed by atoms with Gasteiger partial charge < -0.3 is 4.74 Å². The minimum Gasteiger partial charge on any atom is -0.453 e. The predicted octanol–water partition coefficient (Wildman–Crippen LogP) is 4.73. The molecule has 104 valence electrons. The summed E-state index contributed by atoms with van der Waals surface area (Å²) in [6.45, 7) is 6.16. The Balaban J connectivity index is 2.49. The van der Waals surface area contributed by atoms with Gasteiger partial charge >= 0.3 is 0 Å². The lowest BCUT2D eigenvalue weighted by Crippen LogP contribution is -2.12. The van der Waals surface area contributed by atoms with Crippen molar-refractivity contribution in [1.29, 1.82) is 0 Å². The first kappa shape index (κ1) is 14.3. The van der Waals surface area contributed by atoms with Crippen molar-refractivity contribution in [2.45, 2.75) is 26.2 Å². The van der Waals surface area contributed by atoms with E-state index in [0.29, 0.717) is 12.0 Å². The van der Waals surface area contributed by atoms with Crippen LogP contribution in [0.25, 0.3) is 0 Å². The fourth-order valence-corrected chi connectivity index (χ4v) is 2.01. The maximum absolute atomic E-state index is 13.9. The van der Waals surface area contributed by atoms with Gasteiger partial charge in [0.15, 0.2) is 17.9 Å². The van der Waals surface area contributed by atoms with Crippen LogP contribution in [0, 0.1) is 5.82 Å². The summed E-state index contributed by atoms with van der Waals surface area (Å²) in [5.74, 6) is -0.00860. The number of para-hydroxylation sites is 2. The highest BCUT2D eigenvalue weighted by atomic mass is 19.1. The fraction of sp³-hybridized carbons (Fsp3) is 0.235. The lowest BCUT2D eigenvalue weighted by molar-refractivity contribution is 0.112. The molecule has 0 aliphatic rings. The Kier molecular flexibility index (Phi) is 3.89. The zero-order chi connectivity index (χ0) is 14.8. The van der Waals surface area contributed by atoms with Crippen LogP contribution in [-0.4, -0.2) is 6.29 Å². The first-order chi connectivity index (χ1) is 9.43. The fourth-order valence-electron chi connectivity index (χ4n) is 2.01. The molecular formula is C17H17FO2. The Morgan fingerprint density at radius 1 is 1.05 bits per heavy atom. The number of halogens is 1. The molecule has 20 heavy (non-hydrogen) atoms. The van der Waals surface area contributed by atoms with Gasteiger partial charge in [0.05, 0.1) is 5.56 Å². The van der Waals surface area contributed by atoms with Crippen molar-refractivity contribution in [3.63, 3.8) is 0 Å². The van der Waals surface area contributed by atoms with E-state index in [1.807, 2.05) is 18.2 Å². The summed E-state index contributed by atoms with van der Waals surface area (Å²) < 4.78 is 19.5. The molecule has 0 amide bonds. The van der Waals surface area contributed by atoms with Gasteiger partial charge in [0.1, 0.15) is 5.75 Å². The van der Waals surface area contributed by atoms with Gasteiger partial charge in [-0.3, -0.25) is 4.79 Å². The molecule has 0 N–H and O–H groups in total. The van der Waals surface area contributed by atoms with Crippen LogP contribution >= 0.6 is 0 Å². The van der Waals surface area contributed by atoms with Crippen LogP contribution in [0.15, 0.2) is 42.5 Å². The number of benzene rings is 2. The van der Waals surface area contributed by atoms with E-state index in [1.54, 1.807) is 6.07 Å². The van der Waals surface area contributed by atoms with Gasteiger partial charge in [-0.15, -0.1) is 0 Å². The zero-order valence-electron chi connectivity index (χ0n) is 11.8. The number of carbonyl (C=O) groups is 1. The highest BCUT2D eigenvalue weighted by Gasteiger charge is 2.20. The maximum atomic E-state index is 13.9. The molecule has 2 aromatic carbocycles. The van der Waals surface area contributed by atoms with E-state index < -0.39 is 5.82 Å². The van der Waals surface area contributed by atoms with Crippen molar-refractivity contribution in [3.8, 4) is 11.5 Å². The zero-order valence-corrected chi connectivity index (χ0v) is 11.8. The molecule has 0 saturated carbocycles. The van der Waals surface area contributed by atoms with Crippen LogP contribution in [-0.2, 0) is 5.41 Å². The summed E-state index contributed by atoms with van der Waals surface area (Å²) in [5.41, 5.74) is 1.03. The van der Waals surface area contributed by atoms with Crippen LogP contribution in [0.2, 0.25) is 0 Å². The minimum atomic E-state index is -0.543. The average molecular weight is 272 g/mol. The summed E-state index contributed by atoms with van der Waals surface area (Å²) in [7, 11) is 0. The Morgan fingerprint density at radius 2 is 1.75 bits per heavy atom.